The van der Waals surface area contributed by atoms with E-state index in [1.807, 2.05) is 0 Å². The van der Waals surface area contributed by atoms with Gasteiger partial charge in [0.2, 0.25) is 0 Å². The van der Waals surface area contributed by atoms with E-state index in [1.165, 1.54) is 12.1 Å². The van der Waals surface area contributed by atoms with Gasteiger partial charge in [-0.1, -0.05) is 30.7 Å². The van der Waals surface area contributed by atoms with Gasteiger partial charge in [0.05, 0.1) is 5.56 Å². The van der Waals surface area contributed by atoms with E-state index in [2.05, 4.69) is 5.32 Å². The second kappa shape index (κ2) is 6.43. The Kier molecular flexibility index (Phi) is 4.45. The van der Waals surface area contributed by atoms with E-state index in [1.54, 1.807) is 30.3 Å². The van der Waals surface area contributed by atoms with Gasteiger partial charge < -0.3 is 11.1 Å². The van der Waals surface area contributed by atoms with Crippen molar-refractivity contribution < 1.29 is 18.0 Å². The third-order valence-corrected chi connectivity index (χ3v) is 4.85. The Bertz CT molecular complexity index is 782. The van der Waals surface area contributed by atoms with Crippen LogP contribution in [0.1, 0.15) is 40.7 Å². The number of hydrogen-bond acceptors (Lipinski definition) is 2. The van der Waals surface area contributed by atoms with E-state index < -0.39 is 17.2 Å². The SMILES string of the molecule is Nc1cccc(C(=O)NCC2(c3cccc(C(F)(F)F)c3)CCC2)c1. The minimum atomic E-state index is -4.37. The second-order valence-corrected chi connectivity index (χ2v) is 6.52. The normalized spacial score (nSPS) is 16.1. The number of nitrogens with two attached hydrogens (primary N) is 1. The quantitative estimate of drug-likeness (QED) is 0.816. The standard InChI is InChI=1S/C19H19F3N2O/c20-19(21,22)15-6-2-5-14(11-15)18(8-3-9-18)12-24-17(25)13-4-1-7-16(23)10-13/h1-2,4-7,10-11H,3,8-9,12,23H2,(H,24,25). The van der Waals surface area contributed by atoms with Crippen molar-refractivity contribution in [2.45, 2.75) is 30.9 Å². The Hall–Kier alpha value is -2.50. The van der Waals surface area contributed by atoms with Crippen molar-refractivity contribution in [3.8, 4) is 0 Å². The zero-order valence-corrected chi connectivity index (χ0v) is 13.6. The highest BCUT2D eigenvalue weighted by Crippen LogP contribution is 2.44. The van der Waals surface area contributed by atoms with Crippen molar-refractivity contribution in [1.82, 2.24) is 5.32 Å². The lowest BCUT2D eigenvalue weighted by Gasteiger charge is -2.43. The van der Waals surface area contributed by atoms with Crippen LogP contribution in [0, 0.1) is 0 Å². The van der Waals surface area contributed by atoms with E-state index in [0.717, 1.165) is 25.3 Å². The maximum atomic E-state index is 13.0. The molecule has 1 saturated carbocycles. The molecule has 0 saturated heterocycles. The molecular weight excluding hydrogens is 329 g/mol. The molecule has 0 unspecified atom stereocenters. The Labute approximate surface area is 144 Å². The van der Waals surface area contributed by atoms with E-state index in [-0.39, 0.29) is 5.91 Å². The van der Waals surface area contributed by atoms with Crippen molar-refractivity contribution in [3.63, 3.8) is 0 Å². The number of rotatable bonds is 4. The number of hydrogen-bond donors (Lipinski definition) is 2. The molecule has 0 spiro atoms. The Balaban J connectivity index is 1.77. The molecule has 0 atom stereocenters. The molecule has 1 fully saturated rings. The van der Waals surface area contributed by atoms with E-state index >= 15 is 0 Å². The molecule has 1 aliphatic carbocycles. The first-order valence-corrected chi connectivity index (χ1v) is 8.12. The van der Waals surface area contributed by atoms with Gasteiger partial charge in [0.25, 0.3) is 5.91 Å². The van der Waals surface area contributed by atoms with Gasteiger partial charge >= 0.3 is 6.18 Å². The average Bonchev–Trinajstić information content (AvgIpc) is 2.53. The molecule has 3 nitrogen and oxygen atoms in total. The minimum Gasteiger partial charge on any atom is -0.399 e. The number of alkyl halides is 3. The smallest absolute Gasteiger partial charge is 0.399 e. The first-order valence-electron chi connectivity index (χ1n) is 8.12. The van der Waals surface area contributed by atoms with Gasteiger partial charge in [-0.15, -0.1) is 0 Å². The molecule has 2 aromatic carbocycles. The van der Waals surface area contributed by atoms with E-state index in [9.17, 15) is 18.0 Å². The largest absolute Gasteiger partial charge is 0.416 e. The highest BCUT2D eigenvalue weighted by Gasteiger charge is 2.40. The number of halogens is 3. The number of carbonyl (C=O) groups excluding carboxylic acids is 1. The zero-order chi connectivity index (χ0) is 18.1. The fourth-order valence-electron chi connectivity index (χ4n) is 3.23. The fourth-order valence-corrected chi connectivity index (χ4v) is 3.23. The number of nitrogens with one attached hydrogen (secondary N) is 1. The molecule has 3 rings (SSSR count). The third kappa shape index (κ3) is 3.62. The maximum absolute atomic E-state index is 13.0. The number of carbonyl (C=O) groups is 1. The van der Waals surface area contributed by atoms with Gasteiger partial charge in [-0.25, -0.2) is 0 Å². The van der Waals surface area contributed by atoms with Crippen molar-refractivity contribution in [2.24, 2.45) is 0 Å². The van der Waals surface area contributed by atoms with Gasteiger partial charge in [-0.3, -0.25) is 4.79 Å². The second-order valence-electron chi connectivity index (χ2n) is 6.52. The van der Waals surface area contributed by atoms with Crippen LogP contribution in [-0.2, 0) is 11.6 Å². The highest BCUT2D eigenvalue weighted by atomic mass is 19.4. The van der Waals surface area contributed by atoms with Crippen LogP contribution >= 0.6 is 0 Å². The molecular formula is C19H19F3N2O. The van der Waals surface area contributed by atoms with Crippen LogP contribution in [-0.4, -0.2) is 12.5 Å². The third-order valence-electron chi connectivity index (χ3n) is 4.85. The molecule has 6 heteroatoms. The lowest BCUT2D eigenvalue weighted by atomic mass is 9.64. The summed E-state index contributed by atoms with van der Waals surface area (Å²) >= 11 is 0. The molecule has 1 amide bonds. The summed E-state index contributed by atoms with van der Waals surface area (Å²) in [5, 5.41) is 2.85. The topological polar surface area (TPSA) is 55.1 Å². The first kappa shape index (κ1) is 17.3. The summed E-state index contributed by atoms with van der Waals surface area (Å²) in [5.41, 5.74) is 6.15. The predicted molar refractivity (Wildman–Crippen MR) is 90.2 cm³/mol. The molecule has 0 bridgehead atoms. The zero-order valence-electron chi connectivity index (χ0n) is 13.6. The van der Waals surface area contributed by atoms with Crippen LogP contribution in [0.3, 0.4) is 0 Å². The monoisotopic (exact) mass is 348 g/mol. The van der Waals surface area contributed by atoms with Crippen molar-refractivity contribution in [2.75, 3.05) is 12.3 Å². The van der Waals surface area contributed by atoms with Crippen LogP contribution in [0.5, 0.6) is 0 Å². The van der Waals surface area contributed by atoms with Gasteiger partial charge in [-0.2, -0.15) is 13.2 Å². The molecule has 0 aromatic heterocycles. The summed E-state index contributed by atoms with van der Waals surface area (Å²) < 4.78 is 38.9. The molecule has 0 aliphatic heterocycles. The van der Waals surface area contributed by atoms with Crippen LogP contribution in [0.25, 0.3) is 0 Å². The van der Waals surface area contributed by atoms with Gasteiger partial charge in [0.1, 0.15) is 0 Å². The lowest BCUT2D eigenvalue weighted by Crippen LogP contribution is -2.45. The number of amides is 1. The molecule has 25 heavy (non-hydrogen) atoms. The first-order chi connectivity index (χ1) is 11.8. The lowest BCUT2D eigenvalue weighted by molar-refractivity contribution is -0.137. The molecule has 0 radical (unpaired) electrons. The molecule has 132 valence electrons. The van der Waals surface area contributed by atoms with E-state index in [4.69, 9.17) is 5.73 Å². The molecule has 3 N–H and O–H groups in total. The molecule has 0 heterocycles. The number of nitrogen functional groups attached to an aromatic ring is 1. The summed E-state index contributed by atoms with van der Waals surface area (Å²) in [6.07, 6.45) is -1.92. The Morgan fingerprint density at radius 1 is 1.12 bits per heavy atom. The highest BCUT2D eigenvalue weighted by molar-refractivity contribution is 5.95. The van der Waals surface area contributed by atoms with Gasteiger partial charge in [-0.05, 0) is 42.7 Å². The maximum Gasteiger partial charge on any atom is 0.416 e. The Morgan fingerprint density at radius 3 is 2.44 bits per heavy atom. The molecule has 1 aliphatic rings. The van der Waals surface area contributed by atoms with Crippen LogP contribution in [0.15, 0.2) is 48.5 Å². The number of benzene rings is 2. The average molecular weight is 348 g/mol. The van der Waals surface area contributed by atoms with Crippen molar-refractivity contribution >= 4 is 11.6 Å². The number of anilines is 1. The summed E-state index contributed by atoms with van der Waals surface area (Å²) in [6.45, 7) is 0.307. The van der Waals surface area contributed by atoms with Gasteiger partial charge in [0, 0.05) is 23.2 Å². The summed E-state index contributed by atoms with van der Waals surface area (Å²) in [5.74, 6) is -0.273. The van der Waals surface area contributed by atoms with Gasteiger partial charge in [0.15, 0.2) is 0 Å². The summed E-state index contributed by atoms with van der Waals surface area (Å²) in [7, 11) is 0. The minimum absolute atomic E-state index is 0.273. The summed E-state index contributed by atoms with van der Waals surface area (Å²) in [6, 6.07) is 12.0. The van der Waals surface area contributed by atoms with Crippen LogP contribution in [0.4, 0.5) is 18.9 Å². The predicted octanol–water partition coefficient (Wildman–Crippen LogP) is 4.14. The van der Waals surface area contributed by atoms with Crippen molar-refractivity contribution in [1.29, 1.82) is 0 Å². The van der Waals surface area contributed by atoms with E-state index in [0.29, 0.717) is 23.4 Å². The molecule has 2 aromatic rings. The van der Waals surface area contributed by atoms with Crippen LogP contribution in [0.2, 0.25) is 0 Å². The van der Waals surface area contributed by atoms with Crippen LogP contribution < -0.4 is 11.1 Å². The Morgan fingerprint density at radius 2 is 1.84 bits per heavy atom. The fraction of sp³-hybridized carbons (Fsp3) is 0.316. The summed E-state index contributed by atoms with van der Waals surface area (Å²) in [4.78, 5) is 12.3. The van der Waals surface area contributed by atoms with Crippen molar-refractivity contribution in [3.05, 3.63) is 65.2 Å².